The van der Waals surface area contributed by atoms with Crippen molar-refractivity contribution in [1.29, 1.82) is 0 Å². The maximum absolute atomic E-state index is 12.4. The Labute approximate surface area is 155 Å². The standard InChI is InChI=1S/C18H19N5O4/c1-11(12-7-19-23(2)8-12)20-18(24)15-5-13(21-22-15)9-25-14-3-4-16-17(6-14)27-10-26-16/h3-8,11H,9-10H2,1-2H3,(H,20,24)(H,21,22)/t11-/m1/s1. The van der Waals surface area contributed by atoms with Crippen molar-refractivity contribution < 1.29 is 19.0 Å². The summed E-state index contributed by atoms with van der Waals surface area (Å²) >= 11 is 0. The van der Waals surface area contributed by atoms with Crippen molar-refractivity contribution in [2.45, 2.75) is 19.6 Å². The van der Waals surface area contributed by atoms with Crippen LogP contribution in [0.4, 0.5) is 0 Å². The van der Waals surface area contributed by atoms with Crippen LogP contribution < -0.4 is 19.5 Å². The Morgan fingerprint density at radius 1 is 1.37 bits per heavy atom. The molecule has 1 atom stereocenters. The van der Waals surface area contributed by atoms with Crippen LogP contribution in [0.1, 0.15) is 34.7 Å². The normalized spacial score (nSPS) is 13.4. The summed E-state index contributed by atoms with van der Waals surface area (Å²) in [5.41, 5.74) is 1.91. The maximum Gasteiger partial charge on any atom is 0.272 e. The first kappa shape index (κ1) is 17.0. The molecule has 0 radical (unpaired) electrons. The van der Waals surface area contributed by atoms with Gasteiger partial charge in [-0.15, -0.1) is 0 Å². The molecule has 1 aliphatic rings. The third-order valence-electron chi connectivity index (χ3n) is 4.17. The van der Waals surface area contributed by atoms with Gasteiger partial charge in [-0.25, -0.2) is 0 Å². The molecule has 0 bridgehead atoms. The van der Waals surface area contributed by atoms with Crippen molar-refractivity contribution in [2.24, 2.45) is 7.05 Å². The lowest BCUT2D eigenvalue weighted by molar-refractivity contribution is 0.0934. The fraction of sp³-hybridized carbons (Fsp3) is 0.278. The number of amides is 1. The van der Waals surface area contributed by atoms with Crippen LogP contribution in [0, 0.1) is 0 Å². The molecule has 0 saturated heterocycles. The van der Waals surface area contributed by atoms with Gasteiger partial charge < -0.3 is 19.5 Å². The third-order valence-corrected chi connectivity index (χ3v) is 4.17. The lowest BCUT2D eigenvalue weighted by atomic mass is 10.2. The van der Waals surface area contributed by atoms with E-state index in [0.717, 1.165) is 5.56 Å². The molecule has 9 heteroatoms. The molecule has 4 rings (SSSR count). The van der Waals surface area contributed by atoms with E-state index in [1.54, 1.807) is 35.1 Å². The van der Waals surface area contributed by atoms with E-state index in [9.17, 15) is 4.79 Å². The van der Waals surface area contributed by atoms with Gasteiger partial charge in [0.25, 0.3) is 5.91 Å². The summed E-state index contributed by atoms with van der Waals surface area (Å²) in [6.07, 6.45) is 3.58. The van der Waals surface area contributed by atoms with E-state index < -0.39 is 0 Å². The number of nitrogens with one attached hydrogen (secondary N) is 2. The number of hydrogen-bond donors (Lipinski definition) is 2. The molecular weight excluding hydrogens is 350 g/mol. The van der Waals surface area contributed by atoms with Gasteiger partial charge in [-0.1, -0.05) is 0 Å². The zero-order valence-corrected chi connectivity index (χ0v) is 14.9. The lowest BCUT2D eigenvalue weighted by Gasteiger charge is -2.10. The van der Waals surface area contributed by atoms with Gasteiger partial charge in [0.05, 0.1) is 17.9 Å². The zero-order valence-electron chi connectivity index (χ0n) is 14.9. The highest BCUT2D eigenvalue weighted by Gasteiger charge is 2.16. The van der Waals surface area contributed by atoms with Gasteiger partial charge in [-0.3, -0.25) is 14.6 Å². The first-order valence-corrected chi connectivity index (χ1v) is 8.44. The minimum atomic E-state index is -0.267. The number of aryl methyl sites for hydroxylation is 1. The molecule has 3 heterocycles. The van der Waals surface area contributed by atoms with E-state index in [1.165, 1.54) is 0 Å². The molecule has 0 unspecified atom stereocenters. The van der Waals surface area contributed by atoms with Gasteiger partial charge >= 0.3 is 0 Å². The average molecular weight is 369 g/mol. The van der Waals surface area contributed by atoms with E-state index in [0.29, 0.717) is 28.6 Å². The number of fused-ring (bicyclic) bond motifs is 1. The minimum absolute atomic E-state index is 0.170. The Hall–Kier alpha value is -3.49. The van der Waals surface area contributed by atoms with Crippen molar-refractivity contribution in [1.82, 2.24) is 25.3 Å². The highest BCUT2D eigenvalue weighted by molar-refractivity contribution is 5.92. The molecule has 9 nitrogen and oxygen atoms in total. The van der Waals surface area contributed by atoms with Gasteiger partial charge in [0, 0.05) is 24.9 Å². The highest BCUT2D eigenvalue weighted by Crippen LogP contribution is 2.35. The average Bonchev–Trinajstić information content (AvgIpc) is 3.39. The molecular formula is C18H19N5O4. The van der Waals surface area contributed by atoms with Gasteiger partial charge in [0.2, 0.25) is 6.79 Å². The molecule has 0 aliphatic carbocycles. The van der Waals surface area contributed by atoms with Crippen LogP contribution in [0.2, 0.25) is 0 Å². The van der Waals surface area contributed by atoms with Crippen LogP contribution >= 0.6 is 0 Å². The molecule has 0 saturated carbocycles. The molecule has 2 N–H and O–H groups in total. The van der Waals surface area contributed by atoms with E-state index in [2.05, 4.69) is 20.6 Å². The molecule has 1 aromatic carbocycles. The maximum atomic E-state index is 12.4. The predicted octanol–water partition coefficient (Wildman–Crippen LogP) is 1.94. The second-order valence-electron chi connectivity index (χ2n) is 6.22. The van der Waals surface area contributed by atoms with Crippen molar-refractivity contribution in [3.05, 3.63) is 53.6 Å². The summed E-state index contributed by atoms with van der Waals surface area (Å²) in [6, 6.07) is 6.85. The van der Waals surface area contributed by atoms with Crippen LogP contribution in [0.5, 0.6) is 17.2 Å². The molecule has 27 heavy (non-hydrogen) atoms. The number of ether oxygens (including phenoxy) is 3. The summed E-state index contributed by atoms with van der Waals surface area (Å²) in [7, 11) is 1.83. The Balaban J connectivity index is 1.34. The molecule has 1 amide bonds. The number of carbonyl (C=O) groups is 1. The summed E-state index contributed by atoms with van der Waals surface area (Å²) in [5, 5.41) is 13.9. The highest BCUT2D eigenvalue weighted by atomic mass is 16.7. The van der Waals surface area contributed by atoms with Crippen molar-refractivity contribution >= 4 is 5.91 Å². The van der Waals surface area contributed by atoms with Gasteiger partial charge in [0.1, 0.15) is 18.1 Å². The van der Waals surface area contributed by atoms with E-state index in [-0.39, 0.29) is 25.3 Å². The quantitative estimate of drug-likeness (QED) is 0.688. The number of hydrogen-bond acceptors (Lipinski definition) is 6. The first-order valence-electron chi connectivity index (χ1n) is 8.44. The monoisotopic (exact) mass is 369 g/mol. The number of aromatic amines is 1. The number of H-pyrrole nitrogens is 1. The van der Waals surface area contributed by atoms with E-state index in [1.807, 2.05) is 20.2 Å². The topological polar surface area (TPSA) is 103 Å². The second-order valence-corrected chi connectivity index (χ2v) is 6.22. The van der Waals surface area contributed by atoms with Gasteiger partial charge in [0.15, 0.2) is 11.5 Å². The molecule has 0 fully saturated rings. The molecule has 1 aliphatic heterocycles. The number of benzene rings is 1. The number of aromatic nitrogens is 4. The van der Waals surface area contributed by atoms with Gasteiger partial charge in [-0.2, -0.15) is 10.2 Å². The van der Waals surface area contributed by atoms with Crippen molar-refractivity contribution in [3.8, 4) is 17.2 Å². The van der Waals surface area contributed by atoms with Crippen molar-refractivity contribution in [2.75, 3.05) is 6.79 Å². The van der Waals surface area contributed by atoms with E-state index in [4.69, 9.17) is 14.2 Å². The fourth-order valence-electron chi connectivity index (χ4n) is 2.70. The summed E-state index contributed by atoms with van der Waals surface area (Å²) in [6.45, 7) is 2.36. The third kappa shape index (κ3) is 3.71. The molecule has 2 aromatic heterocycles. The zero-order chi connectivity index (χ0) is 18.8. The number of carbonyl (C=O) groups excluding carboxylic acids is 1. The fourth-order valence-corrected chi connectivity index (χ4v) is 2.70. The minimum Gasteiger partial charge on any atom is -0.487 e. The smallest absolute Gasteiger partial charge is 0.272 e. The predicted molar refractivity (Wildman–Crippen MR) is 94.6 cm³/mol. The summed E-state index contributed by atoms with van der Waals surface area (Å²) < 4.78 is 18.0. The van der Waals surface area contributed by atoms with Crippen LogP contribution in [-0.2, 0) is 13.7 Å². The van der Waals surface area contributed by atoms with Crippen LogP contribution in [0.15, 0.2) is 36.7 Å². The van der Waals surface area contributed by atoms with Crippen LogP contribution in [0.25, 0.3) is 0 Å². The second kappa shape index (κ2) is 7.02. The van der Waals surface area contributed by atoms with Crippen molar-refractivity contribution in [3.63, 3.8) is 0 Å². The molecule has 3 aromatic rings. The SMILES string of the molecule is C[C@@H](NC(=O)c1cc(COc2ccc3c(c2)OCO3)[nH]n1)c1cnn(C)c1. The number of nitrogens with zero attached hydrogens (tertiary/aromatic N) is 3. The summed E-state index contributed by atoms with van der Waals surface area (Å²) in [5.74, 6) is 1.73. The Morgan fingerprint density at radius 2 is 2.22 bits per heavy atom. The van der Waals surface area contributed by atoms with Crippen LogP contribution in [-0.4, -0.2) is 32.7 Å². The molecule has 0 spiro atoms. The van der Waals surface area contributed by atoms with E-state index >= 15 is 0 Å². The Morgan fingerprint density at radius 3 is 3.04 bits per heavy atom. The van der Waals surface area contributed by atoms with Gasteiger partial charge in [-0.05, 0) is 25.1 Å². The largest absolute Gasteiger partial charge is 0.487 e. The molecule has 140 valence electrons. The summed E-state index contributed by atoms with van der Waals surface area (Å²) in [4.78, 5) is 12.4. The lowest BCUT2D eigenvalue weighted by Crippen LogP contribution is -2.26. The Bertz CT molecular complexity index is 964. The Kier molecular flexibility index (Phi) is 4.41. The first-order chi connectivity index (χ1) is 13.1. The number of rotatable bonds is 6. The van der Waals surface area contributed by atoms with Crippen LogP contribution in [0.3, 0.4) is 0 Å².